The number of carbonyl (C=O) groups is 3. The van der Waals surface area contributed by atoms with E-state index in [-0.39, 0.29) is 23.9 Å². The standard InChI is InChI=1S/C21H25F3N4O3/c1-11(2)9-25-18(29)12(3)28-10-15-16(19(28)30)17(26-20(31)27(15)4)13-5-7-14(8-6-13)21(22,23)24/h5-8,11-12,17H,9-10H2,1-4H3,(H,25,29)(H,26,31)/t12-,17-/m0/s1. The van der Waals surface area contributed by atoms with Crippen LogP contribution in [-0.4, -0.2) is 53.8 Å². The van der Waals surface area contributed by atoms with E-state index in [1.165, 1.54) is 29.0 Å². The normalized spacial score (nSPS) is 20.2. The Hall–Kier alpha value is -3.04. The van der Waals surface area contributed by atoms with E-state index in [4.69, 9.17) is 0 Å². The van der Waals surface area contributed by atoms with E-state index in [1.54, 1.807) is 6.92 Å². The molecule has 0 radical (unpaired) electrons. The lowest BCUT2D eigenvalue weighted by molar-refractivity contribution is -0.137. The summed E-state index contributed by atoms with van der Waals surface area (Å²) in [5.74, 6) is -0.498. The van der Waals surface area contributed by atoms with Gasteiger partial charge in [0.2, 0.25) is 5.91 Å². The van der Waals surface area contributed by atoms with E-state index in [2.05, 4.69) is 10.6 Å². The first kappa shape index (κ1) is 22.6. The van der Waals surface area contributed by atoms with E-state index in [1.807, 2.05) is 13.8 Å². The number of halogens is 3. The van der Waals surface area contributed by atoms with E-state index in [9.17, 15) is 27.6 Å². The van der Waals surface area contributed by atoms with E-state index < -0.39 is 35.8 Å². The maximum atomic E-state index is 13.2. The number of hydrogen-bond acceptors (Lipinski definition) is 3. The van der Waals surface area contributed by atoms with Gasteiger partial charge in [-0.2, -0.15) is 13.2 Å². The summed E-state index contributed by atoms with van der Waals surface area (Å²) >= 11 is 0. The van der Waals surface area contributed by atoms with Gasteiger partial charge in [-0.05, 0) is 30.5 Å². The van der Waals surface area contributed by atoms with Gasteiger partial charge in [-0.3, -0.25) is 14.5 Å². The Labute approximate surface area is 178 Å². The monoisotopic (exact) mass is 438 g/mol. The van der Waals surface area contributed by atoms with Gasteiger partial charge in [-0.1, -0.05) is 26.0 Å². The predicted molar refractivity (Wildman–Crippen MR) is 107 cm³/mol. The van der Waals surface area contributed by atoms with Gasteiger partial charge in [0.15, 0.2) is 0 Å². The number of urea groups is 1. The summed E-state index contributed by atoms with van der Waals surface area (Å²) in [6, 6.07) is 2.18. The fourth-order valence-electron chi connectivity index (χ4n) is 3.61. The van der Waals surface area contributed by atoms with E-state index in [0.717, 1.165) is 12.1 Å². The number of nitrogens with one attached hydrogen (secondary N) is 2. The molecule has 2 aliphatic rings. The Kier molecular flexibility index (Phi) is 6.02. The quantitative estimate of drug-likeness (QED) is 0.742. The smallest absolute Gasteiger partial charge is 0.354 e. The second-order valence-corrected chi connectivity index (χ2v) is 8.17. The van der Waals surface area contributed by atoms with Crippen LogP contribution >= 0.6 is 0 Å². The van der Waals surface area contributed by atoms with Crippen LogP contribution in [-0.2, 0) is 15.8 Å². The molecule has 0 unspecified atom stereocenters. The SMILES string of the molecule is CC(C)CNC(=O)[C@H](C)N1CC2=C(C1=O)[C@H](c1ccc(C(F)(F)F)cc1)NC(=O)N2C. The lowest BCUT2D eigenvalue weighted by Gasteiger charge is -2.31. The van der Waals surface area contributed by atoms with Gasteiger partial charge in [0.25, 0.3) is 5.91 Å². The fraction of sp³-hybridized carbons (Fsp3) is 0.476. The molecule has 3 rings (SSSR count). The van der Waals surface area contributed by atoms with Crippen molar-refractivity contribution in [3.8, 4) is 0 Å². The molecule has 0 saturated heterocycles. The molecule has 2 N–H and O–H groups in total. The average Bonchev–Trinajstić information content (AvgIpc) is 3.05. The third-order valence-electron chi connectivity index (χ3n) is 5.49. The maximum Gasteiger partial charge on any atom is 0.416 e. The molecule has 0 saturated carbocycles. The molecule has 31 heavy (non-hydrogen) atoms. The Morgan fingerprint density at radius 2 is 1.81 bits per heavy atom. The molecular weight excluding hydrogens is 413 g/mol. The van der Waals surface area contributed by atoms with Crippen LogP contribution in [0.4, 0.5) is 18.0 Å². The van der Waals surface area contributed by atoms with Crippen molar-refractivity contribution in [2.75, 3.05) is 20.1 Å². The van der Waals surface area contributed by atoms with Crippen molar-refractivity contribution in [3.05, 3.63) is 46.7 Å². The van der Waals surface area contributed by atoms with Crippen LogP contribution in [0.25, 0.3) is 0 Å². The Bertz CT molecular complexity index is 925. The van der Waals surface area contributed by atoms with Crippen molar-refractivity contribution in [2.45, 2.75) is 39.0 Å². The molecule has 7 nitrogen and oxygen atoms in total. The minimum Gasteiger partial charge on any atom is -0.354 e. The number of likely N-dealkylation sites (N-methyl/N-ethyl adjacent to an activating group) is 1. The number of rotatable bonds is 5. The van der Waals surface area contributed by atoms with Crippen LogP contribution in [0.3, 0.4) is 0 Å². The molecule has 0 bridgehead atoms. The van der Waals surface area contributed by atoms with Crippen molar-refractivity contribution in [1.29, 1.82) is 0 Å². The molecule has 0 aliphatic carbocycles. The first-order valence-corrected chi connectivity index (χ1v) is 9.95. The zero-order valence-electron chi connectivity index (χ0n) is 17.7. The molecule has 0 aromatic heterocycles. The Balaban J connectivity index is 1.89. The topological polar surface area (TPSA) is 81.8 Å². The highest BCUT2D eigenvalue weighted by Gasteiger charge is 2.45. The molecule has 0 spiro atoms. The molecule has 2 aliphatic heterocycles. The first-order valence-electron chi connectivity index (χ1n) is 9.95. The second-order valence-electron chi connectivity index (χ2n) is 8.17. The molecule has 2 atom stereocenters. The van der Waals surface area contributed by atoms with Gasteiger partial charge < -0.3 is 15.5 Å². The van der Waals surface area contributed by atoms with Gasteiger partial charge >= 0.3 is 12.2 Å². The maximum absolute atomic E-state index is 13.2. The molecule has 10 heteroatoms. The van der Waals surface area contributed by atoms with Crippen molar-refractivity contribution in [2.24, 2.45) is 5.92 Å². The molecule has 0 fully saturated rings. The summed E-state index contributed by atoms with van der Waals surface area (Å²) in [5.41, 5.74) is 0.223. The van der Waals surface area contributed by atoms with Crippen LogP contribution < -0.4 is 10.6 Å². The Morgan fingerprint density at radius 1 is 1.19 bits per heavy atom. The predicted octanol–water partition coefficient (Wildman–Crippen LogP) is 2.66. The summed E-state index contributed by atoms with van der Waals surface area (Å²) in [4.78, 5) is 40.8. The van der Waals surface area contributed by atoms with Gasteiger partial charge in [0.1, 0.15) is 6.04 Å². The fourth-order valence-corrected chi connectivity index (χ4v) is 3.61. The van der Waals surface area contributed by atoms with Crippen LogP contribution in [0.15, 0.2) is 35.5 Å². The lowest BCUT2D eigenvalue weighted by Crippen LogP contribution is -2.47. The number of amides is 4. The summed E-state index contributed by atoms with van der Waals surface area (Å²) < 4.78 is 38.7. The number of nitrogens with zero attached hydrogens (tertiary/aromatic N) is 2. The highest BCUT2D eigenvalue weighted by atomic mass is 19.4. The van der Waals surface area contributed by atoms with Crippen molar-refractivity contribution >= 4 is 17.8 Å². The average molecular weight is 438 g/mol. The van der Waals surface area contributed by atoms with Gasteiger partial charge in [-0.25, -0.2) is 4.79 Å². The first-order chi connectivity index (χ1) is 14.4. The molecule has 1 aromatic carbocycles. The number of alkyl halides is 3. The number of carbonyl (C=O) groups excluding carboxylic acids is 3. The summed E-state index contributed by atoms with van der Waals surface area (Å²) in [6.07, 6.45) is -4.49. The highest BCUT2D eigenvalue weighted by Crippen LogP contribution is 2.37. The lowest BCUT2D eigenvalue weighted by atomic mass is 9.95. The number of benzene rings is 1. The molecule has 2 heterocycles. The van der Waals surface area contributed by atoms with Crippen LogP contribution in [0.5, 0.6) is 0 Å². The zero-order chi connectivity index (χ0) is 23.1. The zero-order valence-corrected chi connectivity index (χ0v) is 17.7. The molecular formula is C21H25F3N4O3. The van der Waals surface area contributed by atoms with Gasteiger partial charge in [-0.15, -0.1) is 0 Å². The van der Waals surface area contributed by atoms with Crippen LogP contribution in [0, 0.1) is 5.92 Å². The molecule has 1 aromatic rings. The van der Waals surface area contributed by atoms with Crippen molar-refractivity contribution in [1.82, 2.24) is 20.4 Å². The van der Waals surface area contributed by atoms with E-state index in [0.29, 0.717) is 17.8 Å². The summed E-state index contributed by atoms with van der Waals surface area (Å²) in [5, 5.41) is 5.46. The third-order valence-corrected chi connectivity index (χ3v) is 5.49. The van der Waals surface area contributed by atoms with Crippen molar-refractivity contribution in [3.63, 3.8) is 0 Å². The second kappa shape index (κ2) is 8.24. The summed E-state index contributed by atoms with van der Waals surface area (Å²) in [7, 11) is 1.51. The third kappa shape index (κ3) is 4.38. The molecule has 168 valence electrons. The summed E-state index contributed by atoms with van der Waals surface area (Å²) in [6.45, 7) is 6.03. The highest BCUT2D eigenvalue weighted by molar-refractivity contribution is 6.03. The number of hydrogen-bond donors (Lipinski definition) is 2. The van der Waals surface area contributed by atoms with Crippen molar-refractivity contribution < 1.29 is 27.6 Å². The van der Waals surface area contributed by atoms with Crippen LogP contribution in [0.2, 0.25) is 0 Å². The van der Waals surface area contributed by atoms with Crippen LogP contribution in [0.1, 0.15) is 37.9 Å². The van der Waals surface area contributed by atoms with E-state index >= 15 is 0 Å². The largest absolute Gasteiger partial charge is 0.416 e. The molecule has 4 amide bonds. The van der Waals surface area contributed by atoms with Gasteiger partial charge in [0, 0.05) is 13.6 Å². The van der Waals surface area contributed by atoms with Gasteiger partial charge in [0.05, 0.1) is 29.4 Å². The Morgan fingerprint density at radius 3 is 2.35 bits per heavy atom. The minimum absolute atomic E-state index is 0.0610. The minimum atomic E-state index is -4.49.